The van der Waals surface area contributed by atoms with E-state index in [1.54, 1.807) is 0 Å². The number of nitrogens with one attached hydrogen (secondary N) is 3. The van der Waals surface area contributed by atoms with Crippen LogP contribution in [0.4, 0.5) is 23.7 Å². The van der Waals surface area contributed by atoms with Crippen molar-refractivity contribution in [3.8, 4) is 0 Å². The summed E-state index contributed by atoms with van der Waals surface area (Å²) in [6.07, 6.45) is 3.03. The van der Waals surface area contributed by atoms with Gasteiger partial charge < -0.3 is 16.0 Å². The normalized spacial score (nSPS) is 23.5. The number of anilines is 1. The van der Waals surface area contributed by atoms with Gasteiger partial charge >= 0.3 is 6.03 Å². The molecular formula is C19H21F3N4O4. The molecule has 1 aliphatic carbocycles. The number of imide groups is 1. The van der Waals surface area contributed by atoms with Crippen LogP contribution in [0.5, 0.6) is 0 Å². The van der Waals surface area contributed by atoms with Gasteiger partial charge in [-0.25, -0.2) is 18.0 Å². The molecule has 1 aliphatic heterocycles. The first-order valence-corrected chi connectivity index (χ1v) is 9.50. The molecule has 2 fully saturated rings. The van der Waals surface area contributed by atoms with Crippen molar-refractivity contribution < 1.29 is 32.3 Å². The number of hydrogen-bond donors (Lipinski definition) is 3. The molecule has 3 rings (SSSR count). The Morgan fingerprint density at radius 3 is 2.60 bits per heavy atom. The third-order valence-electron chi connectivity index (χ3n) is 5.56. The van der Waals surface area contributed by atoms with Crippen molar-refractivity contribution in [1.82, 2.24) is 15.5 Å². The summed E-state index contributed by atoms with van der Waals surface area (Å²) in [6, 6.07) is 0.815. The van der Waals surface area contributed by atoms with Crippen LogP contribution in [-0.2, 0) is 14.4 Å². The molecule has 1 spiro atoms. The van der Waals surface area contributed by atoms with Crippen LogP contribution in [0.1, 0.15) is 32.6 Å². The Hall–Kier alpha value is -3.11. The highest BCUT2D eigenvalue weighted by molar-refractivity contribution is 6.09. The molecule has 11 heteroatoms. The first-order valence-electron chi connectivity index (χ1n) is 9.50. The minimum Gasteiger partial charge on any atom is -0.345 e. The average Bonchev–Trinajstić information content (AvgIpc) is 2.94. The lowest BCUT2D eigenvalue weighted by Crippen LogP contribution is -2.54. The Morgan fingerprint density at radius 1 is 1.17 bits per heavy atom. The van der Waals surface area contributed by atoms with Crippen molar-refractivity contribution in [1.29, 1.82) is 0 Å². The molecule has 0 aromatic heterocycles. The molecular weight excluding hydrogens is 405 g/mol. The maximum Gasteiger partial charge on any atom is 0.325 e. The second-order valence-corrected chi connectivity index (χ2v) is 7.49. The van der Waals surface area contributed by atoms with Gasteiger partial charge in [0.15, 0.2) is 17.5 Å². The number of hydrogen-bond acceptors (Lipinski definition) is 4. The number of nitrogens with zero attached hydrogens (tertiary/aromatic N) is 1. The molecule has 30 heavy (non-hydrogen) atoms. The molecule has 0 radical (unpaired) electrons. The molecule has 1 saturated heterocycles. The first-order chi connectivity index (χ1) is 14.2. The molecule has 1 saturated carbocycles. The number of amides is 5. The molecule has 8 nitrogen and oxygen atoms in total. The van der Waals surface area contributed by atoms with Crippen LogP contribution in [0.2, 0.25) is 0 Å². The van der Waals surface area contributed by atoms with E-state index in [2.05, 4.69) is 10.6 Å². The van der Waals surface area contributed by atoms with E-state index in [0.29, 0.717) is 12.5 Å². The van der Waals surface area contributed by atoms with Crippen molar-refractivity contribution in [2.75, 3.05) is 18.4 Å². The molecule has 0 bridgehead atoms. The minimum absolute atomic E-state index is 0.0625. The van der Waals surface area contributed by atoms with Crippen LogP contribution < -0.4 is 16.0 Å². The van der Waals surface area contributed by atoms with Gasteiger partial charge in [-0.3, -0.25) is 19.3 Å². The van der Waals surface area contributed by atoms with Gasteiger partial charge in [0.05, 0.1) is 12.2 Å². The van der Waals surface area contributed by atoms with E-state index in [-0.39, 0.29) is 5.92 Å². The molecule has 0 unspecified atom stereocenters. The lowest BCUT2D eigenvalue weighted by atomic mass is 9.73. The van der Waals surface area contributed by atoms with E-state index in [0.717, 1.165) is 30.2 Å². The second-order valence-electron chi connectivity index (χ2n) is 7.49. The number of carbonyl (C=O) groups excluding carboxylic acids is 4. The van der Waals surface area contributed by atoms with Gasteiger partial charge in [-0.05, 0) is 30.9 Å². The van der Waals surface area contributed by atoms with Gasteiger partial charge in [-0.1, -0.05) is 19.8 Å². The fourth-order valence-electron chi connectivity index (χ4n) is 3.83. The Balaban J connectivity index is 1.54. The SMILES string of the molecule is C[C@H]1CCCC[C@@]12NC(=O)N(CC(=O)NCC(=O)Nc1ccc(F)c(F)c1F)C2=O. The number of urea groups is 1. The van der Waals surface area contributed by atoms with E-state index in [4.69, 9.17) is 0 Å². The molecule has 5 amide bonds. The summed E-state index contributed by atoms with van der Waals surface area (Å²) < 4.78 is 39.7. The summed E-state index contributed by atoms with van der Waals surface area (Å²) in [4.78, 5) is 49.8. The summed E-state index contributed by atoms with van der Waals surface area (Å²) in [7, 11) is 0. The highest BCUT2D eigenvalue weighted by Crippen LogP contribution is 2.38. The molecule has 1 heterocycles. The number of rotatable bonds is 5. The van der Waals surface area contributed by atoms with Gasteiger partial charge in [0.2, 0.25) is 11.8 Å². The van der Waals surface area contributed by atoms with Crippen LogP contribution >= 0.6 is 0 Å². The summed E-state index contributed by atoms with van der Waals surface area (Å²) >= 11 is 0. The lowest BCUT2D eigenvalue weighted by molar-refractivity contribution is -0.137. The molecule has 3 N–H and O–H groups in total. The van der Waals surface area contributed by atoms with Gasteiger partial charge in [-0.2, -0.15) is 0 Å². The van der Waals surface area contributed by atoms with Crippen LogP contribution in [0, 0.1) is 23.4 Å². The predicted molar refractivity (Wildman–Crippen MR) is 98.6 cm³/mol. The highest BCUT2D eigenvalue weighted by atomic mass is 19.2. The first kappa shape index (κ1) is 21.6. The zero-order valence-corrected chi connectivity index (χ0v) is 16.2. The standard InChI is InChI=1S/C19H21F3N4O4/c1-10-4-2-3-7-19(10)17(29)26(18(30)25-19)9-14(28)23-8-13(27)24-12-6-5-11(20)15(21)16(12)22/h5-6,10H,2-4,7-9H2,1H3,(H,23,28)(H,24,27)(H,25,30)/t10-,19+/m0/s1. The van der Waals surface area contributed by atoms with Crippen molar-refractivity contribution in [2.24, 2.45) is 5.92 Å². The zero-order valence-electron chi connectivity index (χ0n) is 16.2. The molecule has 2 aliphatic rings. The monoisotopic (exact) mass is 426 g/mol. The Bertz CT molecular complexity index is 910. The molecule has 162 valence electrons. The zero-order chi connectivity index (χ0) is 22.1. The van der Waals surface area contributed by atoms with Gasteiger partial charge in [0.1, 0.15) is 12.1 Å². The molecule has 2 atom stereocenters. The van der Waals surface area contributed by atoms with Crippen molar-refractivity contribution in [3.05, 3.63) is 29.6 Å². The van der Waals surface area contributed by atoms with E-state index < -0.39 is 65.5 Å². The smallest absolute Gasteiger partial charge is 0.325 e. The molecule has 1 aromatic carbocycles. The lowest BCUT2D eigenvalue weighted by Gasteiger charge is -2.36. The van der Waals surface area contributed by atoms with Gasteiger partial charge in [-0.15, -0.1) is 0 Å². The highest BCUT2D eigenvalue weighted by Gasteiger charge is 2.55. The number of benzene rings is 1. The van der Waals surface area contributed by atoms with E-state index in [1.807, 2.05) is 12.2 Å². The average molecular weight is 426 g/mol. The van der Waals surface area contributed by atoms with Crippen LogP contribution in [0.15, 0.2) is 12.1 Å². The quantitative estimate of drug-likeness (QED) is 0.492. The topological polar surface area (TPSA) is 108 Å². The summed E-state index contributed by atoms with van der Waals surface area (Å²) in [5, 5.41) is 6.91. The van der Waals surface area contributed by atoms with E-state index >= 15 is 0 Å². The Kier molecular flexibility index (Phi) is 5.99. The fraction of sp³-hybridized carbons (Fsp3) is 0.474. The molecule has 1 aromatic rings. The largest absolute Gasteiger partial charge is 0.345 e. The van der Waals surface area contributed by atoms with Gasteiger partial charge in [0.25, 0.3) is 5.91 Å². The van der Waals surface area contributed by atoms with Crippen LogP contribution in [0.25, 0.3) is 0 Å². The van der Waals surface area contributed by atoms with Crippen molar-refractivity contribution in [3.63, 3.8) is 0 Å². The fourth-order valence-corrected chi connectivity index (χ4v) is 3.83. The third-order valence-corrected chi connectivity index (χ3v) is 5.56. The number of carbonyl (C=O) groups is 4. The number of halogens is 3. The van der Waals surface area contributed by atoms with E-state index in [1.165, 1.54) is 0 Å². The third kappa shape index (κ3) is 3.96. The Labute approximate surface area is 170 Å². The summed E-state index contributed by atoms with van der Waals surface area (Å²) in [5.74, 6) is -6.92. The second kappa shape index (κ2) is 8.33. The Morgan fingerprint density at radius 2 is 1.90 bits per heavy atom. The summed E-state index contributed by atoms with van der Waals surface area (Å²) in [6.45, 7) is 0.678. The summed E-state index contributed by atoms with van der Waals surface area (Å²) in [5.41, 5.74) is -1.59. The van der Waals surface area contributed by atoms with Crippen LogP contribution in [-0.4, -0.2) is 47.3 Å². The van der Waals surface area contributed by atoms with Crippen molar-refractivity contribution in [2.45, 2.75) is 38.1 Å². The maximum absolute atomic E-state index is 13.6. The maximum atomic E-state index is 13.6. The minimum atomic E-state index is -1.73. The predicted octanol–water partition coefficient (Wildman–Crippen LogP) is 1.66. The van der Waals surface area contributed by atoms with Gasteiger partial charge in [0, 0.05) is 0 Å². The van der Waals surface area contributed by atoms with E-state index in [9.17, 15) is 32.3 Å². The van der Waals surface area contributed by atoms with Crippen LogP contribution in [0.3, 0.4) is 0 Å². The van der Waals surface area contributed by atoms with Crippen molar-refractivity contribution >= 4 is 29.4 Å².